The van der Waals surface area contributed by atoms with Crippen molar-refractivity contribution in [3.8, 4) is 18.1 Å². The molecule has 1 aliphatic rings. The van der Waals surface area contributed by atoms with E-state index in [4.69, 9.17) is 15.9 Å². The third-order valence-electron chi connectivity index (χ3n) is 3.57. The van der Waals surface area contributed by atoms with E-state index in [9.17, 15) is 5.11 Å². The highest BCUT2D eigenvalue weighted by Crippen LogP contribution is 2.30. The zero-order valence-electron chi connectivity index (χ0n) is 12.5. The molecule has 1 unspecified atom stereocenters. The molecule has 1 fully saturated rings. The van der Waals surface area contributed by atoms with Crippen molar-refractivity contribution in [1.29, 1.82) is 0 Å². The van der Waals surface area contributed by atoms with Crippen LogP contribution in [0.2, 0.25) is 0 Å². The van der Waals surface area contributed by atoms with Gasteiger partial charge in [-0.15, -0.1) is 6.42 Å². The highest BCUT2D eigenvalue weighted by atomic mass is 16.5. The van der Waals surface area contributed by atoms with Crippen molar-refractivity contribution in [3.05, 3.63) is 29.8 Å². The van der Waals surface area contributed by atoms with Gasteiger partial charge in [0.2, 0.25) is 0 Å². The van der Waals surface area contributed by atoms with Crippen LogP contribution in [0.1, 0.15) is 18.4 Å². The Morgan fingerprint density at radius 2 is 2.19 bits per heavy atom. The summed E-state index contributed by atoms with van der Waals surface area (Å²) < 4.78 is 10.6. The molecule has 114 valence electrons. The van der Waals surface area contributed by atoms with Gasteiger partial charge in [-0.1, -0.05) is 24.1 Å². The Kier molecular flexibility index (Phi) is 6.06. The number of nitrogens with zero attached hydrogens (tertiary/aromatic N) is 1. The van der Waals surface area contributed by atoms with Crippen LogP contribution in [0.5, 0.6) is 5.75 Å². The molecule has 0 radical (unpaired) electrons. The Labute approximate surface area is 126 Å². The van der Waals surface area contributed by atoms with Gasteiger partial charge in [0.1, 0.15) is 12.4 Å². The maximum Gasteiger partial charge on any atom is 0.123 e. The van der Waals surface area contributed by atoms with E-state index in [1.807, 2.05) is 18.2 Å². The van der Waals surface area contributed by atoms with Crippen molar-refractivity contribution in [2.45, 2.75) is 31.5 Å². The van der Waals surface area contributed by atoms with Crippen molar-refractivity contribution in [2.24, 2.45) is 0 Å². The number of para-hydroxylation sites is 1. The van der Waals surface area contributed by atoms with E-state index in [0.717, 1.165) is 17.9 Å². The lowest BCUT2D eigenvalue weighted by Gasteiger charge is -2.25. The van der Waals surface area contributed by atoms with Gasteiger partial charge < -0.3 is 14.6 Å². The minimum absolute atomic E-state index is 0.243. The molecule has 0 aromatic heterocycles. The molecule has 21 heavy (non-hydrogen) atoms. The summed E-state index contributed by atoms with van der Waals surface area (Å²) in [5, 5.41) is 10.1. The number of hydrogen-bond donors (Lipinski definition) is 1. The van der Waals surface area contributed by atoms with Gasteiger partial charge in [-0.05, 0) is 18.9 Å². The molecule has 1 N–H and O–H groups in total. The molecule has 0 aliphatic heterocycles. The molecular formula is C17H23NO3. The van der Waals surface area contributed by atoms with Crippen LogP contribution in [0.4, 0.5) is 0 Å². The highest BCUT2D eigenvalue weighted by molar-refractivity contribution is 5.33. The van der Waals surface area contributed by atoms with Crippen molar-refractivity contribution in [3.63, 3.8) is 0 Å². The van der Waals surface area contributed by atoms with Crippen LogP contribution >= 0.6 is 0 Å². The number of terminal acetylenes is 1. The topological polar surface area (TPSA) is 41.9 Å². The first-order valence-corrected chi connectivity index (χ1v) is 7.29. The molecule has 0 saturated heterocycles. The Balaban J connectivity index is 1.92. The molecule has 0 heterocycles. The molecule has 1 aromatic carbocycles. The zero-order valence-corrected chi connectivity index (χ0v) is 12.5. The van der Waals surface area contributed by atoms with E-state index in [0.29, 0.717) is 12.6 Å². The van der Waals surface area contributed by atoms with Gasteiger partial charge >= 0.3 is 0 Å². The number of aliphatic hydroxyl groups excluding tert-OH is 1. The van der Waals surface area contributed by atoms with E-state index in [2.05, 4.69) is 16.9 Å². The second kappa shape index (κ2) is 8.04. The minimum atomic E-state index is -0.520. The average Bonchev–Trinajstić information content (AvgIpc) is 3.32. The van der Waals surface area contributed by atoms with Crippen LogP contribution in [0, 0.1) is 12.3 Å². The SMILES string of the molecule is C#CCOCC(O)CN(Cc1ccccc1OC)C1CC1. The van der Waals surface area contributed by atoms with Crippen LogP contribution in [0.3, 0.4) is 0 Å². The normalized spacial score (nSPS) is 15.7. The fourth-order valence-corrected chi connectivity index (χ4v) is 2.41. The van der Waals surface area contributed by atoms with Crippen molar-refractivity contribution in [2.75, 3.05) is 26.9 Å². The number of methoxy groups -OCH3 is 1. The summed E-state index contributed by atoms with van der Waals surface area (Å²) in [5.74, 6) is 3.29. The summed E-state index contributed by atoms with van der Waals surface area (Å²) in [5.41, 5.74) is 1.14. The lowest BCUT2D eigenvalue weighted by atomic mass is 10.1. The number of hydrogen-bond acceptors (Lipinski definition) is 4. The van der Waals surface area contributed by atoms with Crippen molar-refractivity contribution < 1.29 is 14.6 Å². The lowest BCUT2D eigenvalue weighted by molar-refractivity contribution is 0.0241. The summed E-state index contributed by atoms with van der Waals surface area (Å²) in [4.78, 5) is 2.29. The zero-order chi connectivity index (χ0) is 15.1. The quantitative estimate of drug-likeness (QED) is 0.555. The fraction of sp³-hybridized carbons (Fsp3) is 0.529. The summed E-state index contributed by atoms with van der Waals surface area (Å²) in [6.45, 7) is 1.89. The number of aliphatic hydroxyl groups is 1. The highest BCUT2D eigenvalue weighted by Gasteiger charge is 2.30. The monoisotopic (exact) mass is 289 g/mol. The van der Waals surface area contributed by atoms with E-state index in [1.165, 1.54) is 12.8 Å². The van der Waals surface area contributed by atoms with Gasteiger partial charge in [-0.2, -0.15) is 0 Å². The van der Waals surface area contributed by atoms with Crippen LogP contribution in [0.15, 0.2) is 24.3 Å². The molecule has 1 atom stereocenters. The van der Waals surface area contributed by atoms with Gasteiger partial charge in [0.05, 0.1) is 19.8 Å². The molecule has 1 aromatic rings. The van der Waals surface area contributed by atoms with Crippen LogP contribution in [-0.4, -0.2) is 49.0 Å². The standard InChI is InChI=1S/C17H23NO3/c1-3-10-21-13-16(19)12-18(15-8-9-15)11-14-6-4-5-7-17(14)20-2/h1,4-7,15-16,19H,8-13H2,2H3. The summed E-state index contributed by atoms with van der Waals surface area (Å²) in [6, 6.07) is 8.56. The minimum Gasteiger partial charge on any atom is -0.496 e. The first-order chi connectivity index (χ1) is 10.2. The second-order valence-corrected chi connectivity index (χ2v) is 5.35. The molecule has 2 rings (SSSR count). The maximum atomic E-state index is 10.1. The van der Waals surface area contributed by atoms with Gasteiger partial charge in [0.15, 0.2) is 0 Å². The predicted molar refractivity (Wildman–Crippen MR) is 82.1 cm³/mol. The predicted octanol–water partition coefficient (Wildman–Crippen LogP) is 1.67. The molecule has 4 heteroatoms. The van der Waals surface area contributed by atoms with Crippen molar-refractivity contribution in [1.82, 2.24) is 4.90 Å². The first kappa shape index (κ1) is 15.8. The Morgan fingerprint density at radius 3 is 2.86 bits per heavy atom. The van der Waals surface area contributed by atoms with Gasteiger partial charge in [0, 0.05) is 24.7 Å². The molecule has 0 bridgehead atoms. The van der Waals surface area contributed by atoms with Gasteiger partial charge in [0.25, 0.3) is 0 Å². The van der Waals surface area contributed by atoms with Gasteiger partial charge in [-0.25, -0.2) is 0 Å². The Hall–Kier alpha value is -1.54. The van der Waals surface area contributed by atoms with E-state index < -0.39 is 6.10 Å². The summed E-state index contributed by atoms with van der Waals surface area (Å²) >= 11 is 0. The van der Waals surface area contributed by atoms with Crippen molar-refractivity contribution >= 4 is 0 Å². The third kappa shape index (κ3) is 5.05. The van der Waals surface area contributed by atoms with Crippen LogP contribution in [-0.2, 0) is 11.3 Å². The second-order valence-electron chi connectivity index (χ2n) is 5.35. The molecule has 0 amide bonds. The summed E-state index contributed by atoms with van der Waals surface area (Å²) in [6.07, 6.45) is 6.98. The van der Waals surface area contributed by atoms with E-state index >= 15 is 0 Å². The molecule has 1 saturated carbocycles. The third-order valence-corrected chi connectivity index (χ3v) is 3.57. The van der Waals surface area contributed by atoms with Gasteiger partial charge in [-0.3, -0.25) is 4.90 Å². The molecule has 4 nitrogen and oxygen atoms in total. The number of benzene rings is 1. The largest absolute Gasteiger partial charge is 0.496 e. The van der Waals surface area contributed by atoms with Crippen LogP contribution in [0.25, 0.3) is 0 Å². The fourth-order valence-electron chi connectivity index (χ4n) is 2.41. The molecule has 1 aliphatic carbocycles. The number of rotatable bonds is 9. The molecule has 0 spiro atoms. The first-order valence-electron chi connectivity index (χ1n) is 7.29. The van der Waals surface area contributed by atoms with E-state index in [1.54, 1.807) is 7.11 Å². The smallest absolute Gasteiger partial charge is 0.123 e. The molecular weight excluding hydrogens is 266 g/mol. The Morgan fingerprint density at radius 1 is 1.43 bits per heavy atom. The average molecular weight is 289 g/mol. The van der Waals surface area contributed by atoms with Crippen LogP contribution < -0.4 is 4.74 Å². The van der Waals surface area contributed by atoms with E-state index in [-0.39, 0.29) is 13.2 Å². The summed E-state index contributed by atoms with van der Waals surface area (Å²) in [7, 11) is 1.68. The number of ether oxygens (including phenoxy) is 2. The maximum absolute atomic E-state index is 10.1. The lowest BCUT2D eigenvalue weighted by Crippen LogP contribution is -2.36. The Bertz CT molecular complexity index is 479.